The summed E-state index contributed by atoms with van der Waals surface area (Å²) in [5, 5.41) is 10.1. The van der Waals surface area contributed by atoms with Gasteiger partial charge in [0.15, 0.2) is 0 Å². The Labute approximate surface area is 145 Å². The van der Waals surface area contributed by atoms with Crippen molar-refractivity contribution < 1.29 is 0 Å². The average molecular weight is 367 g/mol. The summed E-state index contributed by atoms with van der Waals surface area (Å²) in [4.78, 5) is 3.40. The van der Waals surface area contributed by atoms with Gasteiger partial charge in [-0.1, -0.05) is 42.0 Å². The lowest BCUT2D eigenvalue weighted by Crippen LogP contribution is -2.01. The van der Waals surface area contributed by atoms with E-state index in [-0.39, 0.29) is 0 Å². The van der Waals surface area contributed by atoms with Crippen LogP contribution in [0.1, 0.15) is 41.9 Å². The predicted octanol–water partition coefficient (Wildman–Crippen LogP) is 6.06. The maximum atomic E-state index is 8.86. The lowest BCUT2D eigenvalue weighted by Gasteiger charge is -2.17. The minimum Gasteiger partial charge on any atom is -0.360 e. The number of unbranched alkanes of at least 4 members (excludes halogenated alkanes) is 1. The van der Waals surface area contributed by atoms with Gasteiger partial charge in [-0.3, -0.25) is 0 Å². The maximum Gasteiger partial charge on any atom is 0.0621 e. The number of para-hydroxylation sites is 1. The van der Waals surface area contributed by atoms with Crippen LogP contribution in [0, 0.1) is 18.3 Å². The van der Waals surface area contributed by atoms with Crippen LogP contribution in [0.2, 0.25) is 0 Å². The summed E-state index contributed by atoms with van der Waals surface area (Å²) in [5.41, 5.74) is 5.03. The zero-order chi connectivity index (χ0) is 16.2. The molecule has 3 aromatic rings. The van der Waals surface area contributed by atoms with Crippen LogP contribution in [0.4, 0.5) is 0 Å². The Hall–Kier alpha value is -2.05. The van der Waals surface area contributed by atoms with Crippen molar-refractivity contribution in [2.45, 2.75) is 32.1 Å². The molecular formula is C20H19BrN2. The number of rotatable bonds is 5. The third-order valence-electron chi connectivity index (χ3n) is 4.33. The van der Waals surface area contributed by atoms with E-state index in [0.29, 0.717) is 12.3 Å². The largest absolute Gasteiger partial charge is 0.360 e. The number of hydrogen-bond donors (Lipinski definition) is 1. The lowest BCUT2D eigenvalue weighted by molar-refractivity contribution is 0.676. The van der Waals surface area contributed by atoms with Gasteiger partial charge >= 0.3 is 0 Å². The Morgan fingerprint density at radius 1 is 1.17 bits per heavy atom. The third kappa shape index (κ3) is 3.33. The van der Waals surface area contributed by atoms with Gasteiger partial charge < -0.3 is 4.98 Å². The molecule has 0 bridgehead atoms. The van der Waals surface area contributed by atoms with Crippen LogP contribution in [0.25, 0.3) is 10.9 Å². The van der Waals surface area contributed by atoms with Gasteiger partial charge in [-0.15, -0.1) is 0 Å². The first kappa shape index (κ1) is 15.8. The molecule has 0 aliphatic rings. The summed E-state index contributed by atoms with van der Waals surface area (Å²) in [6.45, 7) is 2.11. The summed E-state index contributed by atoms with van der Waals surface area (Å²) in [7, 11) is 0. The van der Waals surface area contributed by atoms with E-state index >= 15 is 0 Å². The van der Waals surface area contributed by atoms with Crippen molar-refractivity contribution in [1.29, 1.82) is 5.26 Å². The molecule has 0 radical (unpaired) electrons. The van der Waals surface area contributed by atoms with Gasteiger partial charge in [-0.05, 0) is 52.9 Å². The SMILES string of the molecule is Cc1ccc(C(CCCC#N)c2c[nH]c3c(Br)cccc23)cc1. The molecule has 3 rings (SSSR count). The monoisotopic (exact) mass is 366 g/mol. The van der Waals surface area contributed by atoms with Gasteiger partial charge in [0.25, 0.3) is 0 Å². The number of H-pyrrole nitrogens is 1. The molecule has 1 atom stereocenters. The molecule has 2 nitrogen and oxygen atoms in total. The number of hydrogen-bond acceptors (Lipinski definition) is 1. The zero-order valence-corrected chi connectivity index (χ0v) is 14.7. The minimum absolute atomic E-state index is 0.312. The van der Waals surface area contributed by atoms with Crippen LogP contribution in [0.5, 0.6) is 0 Å². The number of aromatic amines is 1. The zero-order valence-electron chi connectivity index (χ0n) is 13.1. The van der Waals surface area contributed by atoms with E-state index < -0.39 is 0 Å². The Bertz CT molecular complexity index is 840. The summed E-state index contributed by atoms with van der Waals surface area (Å²) in [6.07, 6.45) is 4.62. The number of aryl methyl sites for hydroxylation is 1. The summed E-state index contributed by atoms with van der Waals surface area (Å²) in [5.74, 6) is 0.312. The molecule has 1 unspecified atom stereocenters. The molecule has 0 amide bonds. The molecular weight excluding hydrogens is 348 g/mol. The topological polar surface area (TPSA) is 39.6 Å². The van der Waals surface area contributed by atoms with Crippen LogP contribution in [0.3, 0.4) is 0 Å². The number of aromatic nitrogens is 1. The van der Waals surface area contributed by atoms with E-state index in [1.54, 1.807) is 0 Å². The summed E-state index contributed by atoms with van der Waals surface area (Å²) >= 11 is 3.61. The Morgan fingerprint density at radius 3 is 2.70 bits per heavy atom. The molecule has 0 aliphatic heterocycles. The summed E-state index contributed by atoms with van der Waals surface area (Å²) in [6, 6.07) is 17.3. The number of benzene rings is 2. The van der Waals surface area contributed by atoms with Gasteiger partial charge in [0, 0.05) is 28.4 Å². The normalized spacial score (nSPS) is 12.2. The maximum absolute atomic E-state index is 8.86. The molecule has 1 aromatic heterocycles. The van der Waals surface area contributed by atoms with Crippen molar-refractivity contribution in [3.05, 3.63) is 69.8 Å². The van der Waals surface area contributed by atoms with Crippen molar-refractivity contribution in [3.63, 3.8) is 0 Å². The van der Waals surface area contributed by atoms with Crippen molar-refractivity contribution in [1.82, 2.24) is 4.98 Å². The van der Waals surface area contributed by atoms with E-state index in [1.165, 1.54) is 22.1 Å². The quantitative estimate of drug-likeness (QED) is 0.547. The number of halogens is 1. The van der Waals surface area contributed by atoms with Crippen LogP contribution in [-0.4, -0.2) is 4.98 Å². The highest BCUT2D eigenvalue weighted by Crippen LogP contribution is 2.36. The first-order chi connectivity index (χ1) is 11.2. The van der Waals surface area contributed by atoms with Crippen LogP contribution >= 0.6 is 15.9 Å². The van der Waals surface area contributed by atoms with Crippen molar-refractivity contribution >= 4 is 26.8 Å². The molecule has 3 heteroatoms. The Kier molecular flexibility index (Phi) is 4.83. The number of nitrogens with zero attached hydrogens (tertiary/aromatic N) is 1. The van der Waals surface area contributed by atoms with E-state index in [4.69, 9.17) is 5.26 Å². The summed E-state index contributed by atoms with van der Waals surface area (Å²) < 4.78 is 1.08. The Morgan fingerprint density at radius 2 is 1.96 bits per heavy atom. The molecule has 0 aliphatic carbocycles. The van der Waals surface area contributed by atoms with E-state index in [2.05, 4.69) is 82.6 Å². The number of fused-ring (bicyclic) bond motifs is 1. The van der Waals surface area contributed by atoms with Crippen LogP contribution in [-0.2, 0) is 0 Å². The smallest absolute Gasteiger partial charge is 0.0621 e. The van der Waals surface area contributed by atoms with E-state index in [1.807, 2.05) is 0 Å². The average Bonchev–Trinajstić information content (AvgIpc) is 2.98. The predicted molar refractivity (Wildman–Crippen MR) is 98.5 cm³/mol. The lowest BCUT2D eigenvalue weighted by atomic mass is 9.86. The molecule has 0 fully saturated rings. The fourth-order valence-corrected chi connectivity index (χ4v) is 3.59. The number of nitrogens with one attached hydrogen (secondary N) is 1. The van der Waals surface area contributed by atoms with Gasteiger partial charge in [0.2, 0.25) is 0 Å². The molecule has 2 aromatic carbocycles. The molecule has 0 saturated carbocycles. The highest BCUT2D eigenvalue weighted by Gasteiger charge is 2.18. The van der Waals surface area contributed by atoms with E-state index in [0.717, 1.165) is 22.8 Å². The second-order valence-electron chi connectivity index (χ2n) is 5.92. The highest BCUT2D eigenvalue weighted by molar-refractivity contribution is 9.10. The molecule has 0 saturated heterocycles. The van der Waals surface area contributed by atoms with Gasteiger partial charge in [-0.2, -0.15) is 5.26 Å². The molecule has 0 spiro atoms. The van der Waals surface area contributed by atoms with Crippen LogP contribution < -0.4 is 0 Å². The van der Waals surface area contributed by atoms with E-state index in [9.17, 15) is 0 Å². The molecule has 1 N–H and O–H groups in total. The van der Waals surface area contributed by atoms with Gasteiger partial charge in [-0.25, -0.2) is 0 Å². The first-order valence-corrected chi connectivity index (χ1v) is 8.69. The minimum atomic E-state index is 0.312. The fourth-order valence-electron chi connectivity index (χ4n) is 3.11. The van der Waals surface area contributed by atoms with Crippen molar-refractivity contribution in [2.24, 2.45) is 0 Å². The fraction of sp³-hybridized carbons (Fsp3) is 0.250. The van der Waals surface area contributed by atoms with Crippen molar-refractivity contribution in [2.75, 3.05) is 0 Å². The molecule has 116 valence electrons. The number of nitriles is 1. The van der Waals surface area contributed by atoms with Gasteiger partial charge in [0.1, 0.15) is 0 Å². The highest BCUT2D eigenvalue weighted by atomic mass is 79.9. The van der Waals surface area contributed by atoms with Crippen molar-refractivity contribution in [3.8, 4) is 6.07 Å². The molecule has 23 heavy (non-hydrogen) atoms. The second-order valence-corrected chi connectivity index (χ2v) is 6.77. The second kappa shape index (κ2) is 7.02. The standard InChI is InChI=1S/C20H19BrN2/c1-14-8-10-15(11-9-14)16(5-2-3-12-22)18-13-23-20-17(18)6-4-7-19(20)21/h4,6-11,13,16,23H,2-3,5H2,1H3. The van der Waals surface area contributed by atoms with Crippen LogP contribution in [0.15, 0.2) is 53.1 Å². The third-order valence-corrected chi connectivity index (χ3v) is 4.99. The Balaban J connectivity index is 2.04. The first-order valence-electron chi connectivity index (χ1n) is 7.89. The van der Waals surface area contributed by atoms with Gasteiger partial charge in [0.05, 0.1) is 11.6 Å². The molecule has 1 heterocycles.